The molecule has 0 spiro atoms. The van der Waals surface area contributed by atoms with Gasteiger partial charge in [-0.25, -0.2) is 9.78 Å². The first-order valence-corrected chi connectivity index (χ1v) is 7.18. The number of aromatic carboxylic acids is 1. The number of pyridine rings is 1. The van der Waals surface area contributed by atoms with E-state index >= 15 is 0 Å². The number of benzene rings is 1. The van der Waals surface area contributed by atoms with Gasteiger partial charge >= 0.3 is 5.97 Å². The first kappa shape index (κ1) is 15.3. The van der Waals surface area contributed by atoms with Crippen LogP contribution in [0.2, 0.25) is 0 Å². The second-order valence-electron chi connectivity index (χ2n) is 4.45. The predicted octanol–water partition coefficient (Wildman–Crippen LogP) is 3.34. The molecule has 2 rings (SSSR count). The van der Waals surface area contributed by atoms with E-state index in [1.807, 2.05) is 31.2 Å². The summed E-state index contributed by atoms with van der Waals surface area (Å²) in [6.07, 6.45) is 1.55. The molecular formula is C15H15BrN2O3. The molecule has 1 aromatic carbocycles. The highest BCUT2D eigenvalue weighted by Gasteiger charge is 2.11. The lowest BCUT2D eigenvalue weighted by molar-refractivity contribution is 0.0697. The van der Waals surface area contributed by atoms with Gasteiger partial charge in [-0.15, -0.1) is 0 Å². The van der Waals surface area contributed by atoms with E-state index in [4.69, 9.17) is 9.84 Å². The van der Waals surface area contributed by atoms with Crippen LogP contribution in [0.15, 0.2) is 41.0 Å². The Morgan fingerprint density at radius 1 is 1.43 bits per heavy atom. The van der Waals surface area contributed by atoms with E-state index in [1.165, 1.54) is 6.07 Å². The lowest BCUT2D eigenvalue weighted by atomic mass is 10.2. The van der Waals surface area contributed by atoms with Gasteiger partial charge in [0.15, 0.2) is 0 Å². The van der Waals surface area contributed by atoms with Gasteiger partial charge in [-0.1, -0.05) is 12.1 Å². The third-order valence-corrected chi connectivity index (χ3v) is 3.17. The van der Waals surface area contributed by atoms with E-state index in [2.05, 4.69) is 26.2 Å². The van der Waals surface area contributed by atoms with Gasteiger partial charge < -0.3 is 15.2 Å². The van der Waals surface area contributed by atoms with E-state index < -0.39 is 5.97 Å². The maximum Gasteiger partial charge on any atom is 0.339 e. The Bertz CT molecular complexity index is 647. The zero-order valence-corrected chi connectivity index (χ0v) is 13.1. The maximum absolute atomic E-state index is 11.1. The van der Waals surface area contributed by atoms with Gasteiger partial charge in [0.25, 0.3) is 0 Å². The fraction of sp³-hybridized carbons (Fsp3) is 0.200. The molecule has 0 aliphatic heterocycles. The number of halogens is 1. The van der Waals surface area contributed by atoms with E-state index in [1.54, 1.807) is 6.20 Å². The molecule has 0 amide bonds. The van der Waals surface area contributed by atoms with Crippen molar-refractivity contribution < 1.29 is 14.6 Å². The van der Waals surface area contributed by atoms with Crippen molar-refractivity contribution in [3.05, 3.63) is 52.1 Å². The number of hydrogen-bond acceptors (Lipinski definition) is 4. The number of aromatic nitrogens is 1. The number of aryl methyl sites for hydroxylation is 1. The van der Waals surface area contributed by atoms with Crippen LogP contribution in [0.4, 0.5) is 5.82 Å². The molecule has 1 heterocycles. The summed E-state index contributed by atoms with van der Waals surface area (Å²) in [5.74, 6) is 0.100. The summed E-state index contributed by atoms with van der Waals surface area (Å²) < 4.78 is 6.21. The van der Waals surface area contributed by atoms with Crippen molar-refractivity contribution in [3.8, 4) is 5.75 Å². The molecule has 0 unspecified atom stereocenters. The number of ether oxygens (including phenoxy) is 1. The summed E-state index contributed by atoms with van der Waals surface area (Å²) >= 11 is 3.21. The Morgan fingerprint density at radius 2 is 2.24 bits per heavy atom. The molecule has 2 N–H and O–H groups in total. The normalized spacial score (nSPS) is 10.2. The van der Waals surface area contributed by atoms with Crippen LogP contribution >= 0.6 is 15.9 Å². The summed E-state index contributed by atoms with van der Waals surface area (Å²) in [6, 6.07) is 9.26. The maximum atomic E-state index is 11.1. The minimum atomic E-state index is -1.02. The second kappa shape index (κ2) is 7.08. The Morgan fingerprint density at radius 3 is 2.95 bits per heavy atom. The lowest BCUT2D eigenvalue weighted by Crippen LogP contribution is -2.15. The van der Waals surface area contributed by atoms with Crippen LogP contribution in [0.1, 0.15) is 15.9 Å². The summed E-state index contributed by atoms with van der Waals surface area (Å²) in [7, 11) is 0. The Hall–Kier alpha value is -2.08. The number of rotatable bonds is 6. The molecule has 110 valence electrons. The molecule has 0 fully saturated rings. The highest BCUT2D eigenvalue weighted by atomic mass is 79.9. The van der Waals surface area contributed by atoms with Crippen LogP contribution < -0.4 is 10.1 Å². The minimum Gasteiger partial charge on any atom is -0.492 e. The molecule has 0 saturated heterocycles. The highest BCUT2D eigenvalue weighted by molar-refractivity contribution is 9.10. The number of nitrogens with one attached hydrogen (secondary N) is 1. The van der Waals surface area contributed by atoms with Crippen molar-refractivity contribution >= 4 is 27.7 Å². The molecule has 0 bridgehead atoms. The predicted molar refractivity (Wildman–Crippen MR) is 84.1 cm³/mol. The van der Waals surface area contributed by atoms with Crippen LogP contribution in [0.3, 0.4) is 0 Å². The molecule has 6 heteroatoms. The number of anilines is 1. The average Bonchev–Trinajstić information content (AvgIpc) is 2.44. The number of nitrogens with zero attached hydrogens (tertiary/aromatic N) is 1. The monoisotopic (exact) mass is 350 g/mol. The van der Waals surface area contributed by atoms with Gasteiger partial charge in [0.1, 0.15) is 23.7 Å². The number of carboxylic acids is 1. The Labute approximate surface area is 131 Å². The fourth-order valence-electron chi connectivity index (χ4n) is 1.79. The van der Waals surface area contributed by atoms with Gasteiger partial charge in [-0.2, -0.15) is 0 Å². The van der Waals surface area contributed by atoms with Gasteiger partial charge in [0, 0.05) is 10.7 Å². The van der Waals surface area contributed by atoms with Crippen LogP contribution in [-0.4, -0.2) is 29.2 Å². The number of carbonyl (C=O) groups is 1. The van der Waals surface area contributed by atoms with E-state index in [0.717, 1.165) is 11.3 Å². The summed E-state index contributed by atoms with van der Waals surface area (Å²) in [6.45, 7) is 2.87. The molecule has 5 nitrogen and oxygen atoms in total. The Balaban J connectivity index is 1.90. The first-order valence-electron chi connectivity index (χ1n) is 6.38. The van der Waals surface area contributed by atoms with Gasteiger partial charge in [0.2, 0.25) is 0 Å². The minimum absolute atomic E-state index is 0.125. The molecular weight excluding hydrogens is 336 g/mol. The Kier molecular flexibility index (Phi) is 5.16. The van der Waals surface area contributed by atoms with Crippen molar-refractivity contribution in [3.63, 3.8) is 0 Å². The van der Waals surface area contributed by atoms with Gasteiger partial charge in [0.05, 0.1) is 6.54 Å². The van der Waals surface area contributed by atoms with Crippen LogP contribution in [0, 0.1) is 6.92 Å². The quantitative estimate of drug-likeness (QED) is 0.781. The molecule has 0 radical (unpaired) electrons. The largest absolute Gasteiger partial charge is 0.492 e. The molecule has 1 aromatic heterocycles. The highest BCUT2D eigenvalue weighted by Crippen LogP contribution is 2.18. The third-order valence-electron chi connectivity index (χ3n) is 2.74. The molecule has 0 saturated carbocycles. The van der Waals surface area contributed by atoms with Gasteiger partial charge in [-0.05, 0) is 46.6 Å². The summed E-state index contributed by atoms with van der Waals surface area (Å²) in [5, 5.41) is 12.1. The SMILES string of the molecule is Cc1cccc(OCCNc2ncc(Br)cc2C(=O)O)c1. The molecule has 0 aliphatic rings. The van der Waals surface area contributed by atoms with Crippen molar-refractivity contribution in [2.75, 3.05) is 18.5 Å². The van der Waals surface area contributed by atoms with Crippen LogP contribution in [-0.2, 0) is 0 Å². The van der Waals surface area contributed by atoms with E-state index in [0.29, 0.717) is 23.4 Å². The molecule has 2 aromatic rings. The second-order valence-corrected chi connectivity index (χ2v) is 5.36. The summed E-state index contributed by atoms with van der Waals surface area (Å²) in [5.41, 5.74) is 1.25. The van der Waals surface area contributed by atoms with Crippen molar-refractivity contribution in [2.45, 2.75) is 6.92 Å². The summed E-state index contributed by atoms with van der Waals surface area (Å²) in [4.78, 5) is 15.2. The van der Waals surface area contributed by atoms with E-state index in [-0.39, 0.29) is 5.56 Å². The van der Waals surface area contributed by atoms with Crippen molar-refractivity contribution in [2.24, 2.45) is 0 Å². The lowest BCUT2D eigenvalue weighted by Gasteiger charge is -2.10. The first-order chi connectivity index (χ1) is 10.1. The van der Waals surface area contributed by atoms with Crippen LogP contribution in [0.25, 0.3) is 0 Å². The number of hydrogen-bond donors (Lipinski definition) is 2. The standard InChI is InChI=1S/C15H15BrN2O3/c1-10-3-2-4-12(7-10)21-6-5-17-14-13(15(19)20)8-11(16)9-18-14/h2-4,7-9H,5-6H2,1H3,(H,17,18)(H,19,20). The third kappa shape index (κ3) is 4.46. The zero-order valence-electron chi connectivity index (χ0n) is 11.5. The smallest absolute Gasteiger partial charge is 0.339 e. The molecule has 0 atom stereocenters. The number of carboxylic acid groups (broad SMARTS) is 1. The van der Waals surface area contributed by atoms with Crippen molar-refractivity contribution in [1.29, 1.82) is 0 Å². The topological polar surface area (TPSA) is 71.5 Å². The van der Waals surface area contributed by atoms with E-state index in [9.17, 15) is 4.79 Å². The molecule has 21 heavy (non-hydrogen) atoms. The van der Waals surface area contributed by atoms with Crippen molar-refractivity contribution in [1.82, 2.24) is 4.98 Å². The average molecular weight is 351 g/mol. The van der Waals surface area contributed by atoms with Gasteiger partial charge in [-0.3, -0.25) is 0 Å². The zero-order chi connectivity index (χ0) is 15.2. The molecule has 0 aliphatic carbocycles. The van der Waals surface area contributed by atoms with Crippen LogP contribution in [0.5, 0.6) is 5.75 Å². The fourth-order valence-corrected chi connectivity index (χ4v) is 2.12.